The highest BCUT2D eigenvalue weighted by Gasteiger charge is 2.09. The number of nitrogens with zero attached hydrogens (tertiary/aromatic N) is 1. The third-order valence-corrected chi connectivity index (χ3v) is 7.26. The Labute approximate surface area is 255 Å². The van der Waals surface area contributed by atoms with Crippen LogP contribution in [-0.4, -0.2) is 25.8 Å². The van der Waals surface area contributed by atoms with E-state index in [4.69, 9.17) is 5.73 Å². The largest absolute Gasteiger partial charge is 0.399 e. The van der Waals surface area contributed by atoms with Crippen LogP contribution in [0.25, 0.3) is 6.08 Å². The predicted octanol–water partition coefficient (Wildman–Crippen LogP) is 8.12. The van der Waals surface area contributed by atoms with E-state index >= 15 is 0 Å². The second-order valence-corrected chi connectivity index (χ2v) is 10.5. The van der Waals surface area contributed by atoms with Crippen LogP contribution in [0.4, 0.5) is 17.1 Å². The Bertz CT molecular complexity index is 1400. The number of carbonyl (C=O) groups is 2. The first-order valence-electron chi connectivity index (χ1n) is 14.4. The summed E-state index contributed by atoms with van der Waals surface area (Å²) >= 11 is 4.11. The average Bonchev–Trinajstić information content (AvgIpc) is 3.04. The van der Waals surface area contributed by atoms with E-state index in [2.05, 4.69) is 78.3 Å². The van der Waals surface area contributed by atoms with E-state index in [-0.39, 0.29) is 0 Å². The van der Waals surface area contributed by atoms with Gasteiger partial charge in [-0.2, -0.15) is 0 Å². The van der Waals surface area contributed by atoms with E-state index in [1.165, 1.54) is 49.2 Å². The number of thiol groups is 1. The van der Waals surface area contributed by atoms with Gasteiger partial charge in [0, 0.05) is 34.9 Å². The fourth-order valence-corrected chi connectivity index (χ4v) is 4.71. The van der Waals surface area contributed by atoms with Gasteiger partial charge in [-0.05, 0) is 85.2 Å². The summed E-state index contributed by atoms with van der Waals surface area (Å²) in [6.45, 7) is 4.57. The Morgan fingerprint density at radius 2 is 1.48 bits per heavy atom. The number of aldehydes is 1. The molecule has 5 rings (SSSR count). The molecule has 1 aliphatic heterocycles. The maximum absolute atomic E-state index is 10.6. The average molecular weight is 580 g/mol. The molecule has 0 aliphatic carbocycles. The second-order valence-electron chi connectivity index (χ2n) is 9.98. The Morgan fingerprint density at radius 3 is 2.12 bits per heavy atom. The highest BCUT2D eigenvalue weighted by atomic mass is 32.1. The standard InChI is InChI=1S/C18H18O.C11H16N2.C7H7NOS/c1-2-15-5-3-7-17(13-15)8-4-6-16-9-11-18(14-19)12-10-16;12-10-4-6-11(7-5-10)13-8-2-1-3-9-13;9-5-8-6-3-1-2-4-7(6)10/h3-7,9-14H,2,8H2,1H3;4-7H,1-3,8-9,12H2;1-5,10H,(H,8,9)/b6-4+;;. The van der Waals surface area contributed by atoms with Crippen LogP contribution >= 0.6 is 12.6 Å². The summed E-state index contributed by atoms with van der Waals surface area (Å²) < 4.78 is 0. The van der Waals surface area contributed by atoms with Crippen LogP contribution in [0.5, 0.6) is 0 Å². The number of piperidine rings is 1. The third kappa shape index (κ3) is 11.3. The maximum atomic E-state index is 10.6. The molecule has 4 aromatic carbocycles. The molecule has 0 aromatic heterocycles. The maximum Gasteiger partial charge on any atom is 0.211 e. The summed E-state index contributed by atoms with van der Waals surface area (Å²) in [5, 5.41) is 2.52. The fourth-order valence-electron chi connectivity index (χ4n) is 4.49. The molecular formula is C36H41N3O2S. The van der Waals surface area contributed by atoms with E-state index in [1.807, 2.05) is 54.6 Å². The number of nitrogens with two attached hydrogens (primary N) is 1. The van der Waals surface area contributed by atoms with Crippen LogP contribution in [0.15, 0.2) is 108 Å². The number of aryl methyl sites for hydroxylation is 1. The summed E-state index contributed by atoms with van der Waals surface area (Å²) in [7, 11) is 0. The number of hydrogen-bond acceptors (Lipinski definition) is 5. The van der Waals surface area contributed by atoms with Gasteiger partial charge in [0.1, 0.15) is 6.29 Å². The highest BCUT2D eigenvalue weighted by Crippen LogP contribution is 2.20. The number of rotatable bonds is 8. The quantitative estimate of drug-likeness (QED) is 0.112. The van der Waals surface area contributed by atoms with Gasteiger partial charge in [0.25, 0.3) is 0 Å². The van der Waals surface area contributed by atoms with Crippen molar-refractivity contribution in [3.8, 4) is 0 Å². The number of para-hydroxylation sites is 1. The van der Waals surface area contributed by atoms with E-state index < -0.39 is 0 Å². The molecule has 0 saturated carbocycles. The smallest absolute Gasteiger partial charge is 0.211 e. The lowest BCUT2D eigenvalue weighted by Gasteiger charge is -2.28. The van der Waals surface area contributed by atoms with Crippen molar-refractivity contribution in [1.82, 2.24) is 0 Å². The van der Waals surface area contributed by atoms with Crippen LogP contribution < -0.4 is 16.0 Å². The number of benzene rings is 4. The van der Waals surface area contributed by atoms with Crippen molar-refractivity contribution < 1.29 is 9.59 Å². The molecule has 1 fully saturated rings. The lowest BCUT2D eigenvalue weighted by atomic mass is 10.1. The van der Waals surface area contributed by atoms with Crippen molar-refractivity contribution in [3.05, 3.63) is 125 Å². The van der Waals surface area contributed by atoms with Gasteiger partial charge in [-0.25, -0.2) is 0 Å². The van der Waals surface area contributed by atoms with Gasteiger partial charge in [-0.1, -0.05) is 79.7 Å². The molecule has 42 heavy (non-hydrogen) atoms. The first-order valence-corrected chi connectivity index (χ1v) is 14.9. The van der Waals surface area contributed by atoms with Crippen molar-refractivity contribution in [2.45, 2.75) is 43.9 Å². The van der Waals surface area contributed by atoms with Gasteiger partial charge in [-0.15, -0.1) is 12.6 Å². The topological polar surface area (TPSA) is 75.4 Å². The molecule has 218 valence electrons. The highest BCUT2D eigenvalue weighted by molar-refractivity contribution is 7.80. The van der Waals surface area contributed by atoms with Crippen molar-refractivity contribution in [2.24, 2.45) is 0 Å². The van der Waals surface area contributed by atoms with Crippen LogP contribution in [0, 0.1) is 0 Å². The number of carbonyl (C=O) groups excluding carboxylic acids is 2. The van der Waals surface area contributed by atoms with Crippen molar-refractivity contribution >= 4 is 48.5 Å². The lowest BCUT2D eigenvalue weighted by molar-refractivity contribution is -0.105. The SMILES string of the molecule is CCc1cccc(C/C=C/c2ccc(C=O)cc2)c1.Nc1ccc(N2CCCCC2)cc1.O=CNc1ccccc1S. The Hall–Kier alpha value is -4.29. The van der Waals surface area contributed by atoms with Gasteiger partial charge in [0.2, 0.25) is 6.41 Å². The van der Waals surface area contributed by atoms with Crippen LogP contribution in [0.1, 0.15) is 53.2 Å². The number of amides is 1. The molecule has 1 saturated heterocycles. The van der Waals surface area contributed by atoms with E-state index in [9.17, 15) is 9.59 Å². The zero-order chi connectivity index (χ0) is 30.0. The molecule has 6 heteroatoms. The van der Waals surface area contributed by atoms with Crippen molar-refractivity contribution in [2.75, 3.05) is 29.0 Å². The summed E-state index contributed by atoms with van der Waals surface area (Å²) in [5.74, 6) is 0. The molecular weight excluding hydrogens is 538 g/mol. The molecule has 0 radical (unpaired) electrons. The third-order valence-electron chi connectivity index (χ3n) is 6.87. The van der Waals surface area contributed by atoms with Gasteiger partial charge < -0.3 is 16.0 Å². The molecule has 1 amide bonds. The summed E-state index contributed by atoms with van der Waals surface area (Å²) in [4.78, 5) is 23.7. The number of allylic oxidation sites excluding steroid dienone is 1. The molecule has 1 aliphatic rings. The van der Waals surface area contributed by atoms with Gasteiger partial charge >= 0.3 is 0 Å². The molecule has 0 bridgehead atoms. The molecule has 4 aromatic rings. The van der Waals surface area contributed by atoms with E-state index in [0.717, 1.165) is 41.0 Å². The lowest BCUT2D eigenvalue weighted by Crippen LogP contribution is -2.29. The summed E-state index contributed by atoms with van der Waals surface area (Å²) in [6, 6.07) is 31.7. The Balaban J connectivity index is 0.000000183. The van der Waals surface area contributed by atoms with Crippen molar-refractivity contribution in [1.29, 1.82) is 0 Å². The van der Waals surface area contributed by atoms with Crippen LogP contribution in [-0.2, 0) is 17.6 Å². The number of nitrogens with one attached hydrogen (secondary N) is 1. The van der Waals surface area contributed by atoms with Gasteiger partial charge in [0.15, 0.2) is 0 Å². The fraction of sp³-hybridized carbons (Fsp3) is 0.222. The molecule has 3 N–H and O–H groups in total. The zero-order valence-corrected chi connectivity index (χ0v) is 25.2. The summed E-state index contributed by atoms with van der Waals surface area (Å²) in [5.41, 5.74) is 13.1. The van der Waals surface area contributed by atoms with Crippen LogP contribution in [0.2, 0.25) is 0 Å². The molecule has 5 nitrogen and oxygen atoms in total. The first kappa shape index (κ1) is 32.2. The molecule has 0 spiro atoms. The Kier molecular flexibility index (Phi) is 14.0. The minimum atomic E-state index is 0.634. The zero-order valence-electron chi connectivity index (χ0n) is 24.3. The molecule has 0 atom stereocenters. The minimum Gasteiger partial charge on any atom is -0.399 e. The van der Waals surface area contributed by atoms with E-state index in [0.29, 0.717) is 12.0 Å². The normalized spacial score (nSPS) is 12.4. The number of nitrogen functional groups attached to an aromatic ring is 1. The number of anilines is 3. The van der Waals surface area contributed by atoms with Crippen molar-refractivity contribution in [3.63, 3.8) is 0 Å². The predicted molar refractivity (Wildman–Crippen MR) is 181 cm³/mol. The minimum absolute atomic E-state index is 0.634. The van der Waals surface area contributed by atoms with Crippen LogP contribution in [0.3, 0.4) is 0 Å². The first-order chi connectivity index (χ1) is 20.5. The van der Waals surface area contributed by atoms with Gasteiger partial charge in [0.05, 0.1) is 5.69 Å². The molecule has 0 unspecified atom stereocenters. The number of hydrogen-bond donors (Lipinski definition) is 3. The molecule has 1 heterocycles. The Morgan fingerprint density at radius 1 is 0.810 bits per heavy atom. The monoisotopic (exact) mass is 579 g/mol. The van der Waals surface area contributed by atoms with Gasteiger partial charge in [-0.3, -0.25) is 9.59 Å². The van der Waals surface area contributed by atoms with E-state index in [1.54, 1.807) is 6.07 Å². The summed E-state index contributed by atoms with van der Waals surface area (Å²) in [6.07, 6.45) is 11.8. The second kappa shape index (κ2) is 18.2.